The summed E-state index contributed by atoms with van der Waals surface area (Å²) < 4.78 is 40.9. The molecule has 0 heterocycles. The van der Waals surface area contributed by atoms with E-state index in [0.717, 1.165) is 5.56 Å². The zero-order chi connectivity index (χ0) is 13.8. The summed E-state index contributed by atoms with van der Waals surface area (Å²) in [6.07, 6.45) is -4.40. The highest BCUT2D eigenvalue weighted by Gasteiger charge is 2.28. The number of hydrogen-bond donors (Lipinski definition) is 1. The van der Waals surface area contributed by atoms with E-state index in [1.165, 1.54) is 6.07 Å². The van der Waals surface area contributed by atoms with Crippen molar-refractivity contribution in [2.45, 2.75) is 13.1 Å². The molecule has 0 radical (unpaired) electrons. The van der Waals surface area contributed by atoms with Crippen molar-refractivity contribution in [3.8, 4) is 5.75 Å². The summed E-state index contributed by atoms with van der Waals surface area (Å²) in [6, 6.07) is 4.62. The molecule has 0 spiro atoms. The first-order valence-corrected chi connectivity index (χ1v) is 5.54. The average Bonchev–Trinajstić information content (AvgIpc) is 2.26. The van der Waals surface area contributed by atoms with Gasteiger partial charge in [0, 0.05) is 0 Å². The maximum atomic E-state index is 12.1. The summed E-state index contributed by atoms with van der Waals surface area (Å²) in [5, 5.41) is 0. The molecule has 1 rings (SSSR count). The Labute approximate surface area is 107 Å². The van der Waals surface area contributed by atoms with Crippen LogP contribution < -0.4 is 10.5 Å². The van der Waals surface area contributed by atoms with Crippen LogP contribution in [0.4, 0.5) is 18.9 Å². The van der Waals surface area contributed by atoms with Gasteiger partial charge < -0.3 is 10.5 Å². The van der Waals surface area contributed by atoms with Gasteiger partial charge in [-0.1, -0.05) is 6.07 Å². The van der Waals surface area contributed by atoms with Crippen molar-refractivity contribution < 1.29 is 17.9 Å². The number of alkyl halides is 4. The molecule has 1 aromatic rings. The number of aliphatic imine (C=N–C) groups is 1. The van der Waals surface area contributed by atoms with Crippen LogP contribution in [0.25, 0.3) is 0 Å². The minimum Gasteiger partial charge on any atom is -0.482 e. The SMILES string of the molecule is Cc1ccc(OCC(F)(F)F)c(N=C(N)CCl)c1. The molecule has 0 aliphatic carbocycles. The Morgan fingerprint density at radius 3 is 2.67 bits per heavy atom. The normalized spacial score (nSPS) is 12.6. The molecule has 100 valence electrons. The second-order valence-corrected chi connectivity index (χ2v) is 3.88. The molecular weight excluding hydrogens is 269 g/mol. The summed E-state index contributed by atoms with van der Waals surface area (Å²) in [5.74, 6) is 0.122. The van der Waals surface area contributed by atoms with Crippen molar-refractivity contribution in [2.75, 3.05) is 12.5 Å². The molecule has 7 heteroatoms. The number of hydrogen-bond acceptors (Lipinski definition) is 2. The fourth-order valence-corrected chi connectivity index (χ4v) is 1.24. The fourth-order valence-electron chi connectivity index (χ4n) is 1.18. The summed E-state index contributed by atoms with van der Waals surface area (Å²) in [6.45, 7) is 0.406. The van der Waals surface area contributed by atoms with Crippen LogP contribution in [0.5, 0.6) is 5.75 Å². The third-order valence-corrected chi connectivity index (χ3v) is 2.18. The fraction of sp³-hybridized carbons (Fsp3) is 0.364. The first-order valence-electron chi connectivity index (χ1n) is 5.01. The zero-order valence-corrected chi connectivity index (χ0v) is 10.3. The average molecular weight is 281 g/mol. The summed E-state index contributed by atoms with van der Waals surface area (Å²) >= 11 is 5.47. The van der Waals surface area contributed by atoms with Crippen LogP contribution in [-0.2, 0) is 0 Å². The lowest BCUT2D eigenvalue weighted by atomic mass is 10.2. The van der Waals surface area contributed by atoms with Crippen LogP contribution >= 0.6 is 11.6 Å². The highest BCUT2D eigenvalue weighted by Crippen LogP contribution is 2.30. The number of amidine groups is 1. The predicted octanol–water partition coefficient (Wildman–Crippen LogP) is 3.16. The molecule has 0 aliphatic heterocycles. The number of benzene rings is 1. The predicted molar refractivity (Wildman–Crippen MR) is 64.7 cm³/mol. The standard InChI is InChI=1S/C11H12ClF3N2O/c1-7-2-3-9(18-6-11(13,14)15)8(4-7)17-10(16)5-12/h2-4H,5-6H2,1H3,(H2,16,17). The van der Waals surface area contributed by atoms with Gasteiger partial charge in [0.25, 0.3) is 0 Å². The molecule has 0 atom stereocenters. The van der Waals surface area contributed by atoms with Gasteiger partial charge in [-0.25, -0.2) is 4.99 Å². The quantitative estimate of drug-likeness (QED) is 0.523. The number of halogens is 4. The Morgan fingerprint density at radius 1 is 1.44 bits per heavy atom. The van der Waals surface area contributed by atoms with Crippen LogP contribution in [0.2, 0.25) is 0 Å². The number of aryl methyl sites for hydroxylation is 1. The third kappa shape index (κ3) is 4.83. The number of ether oxygens (including phenoxy) is 1. The highest BCUT2D eigenvalue weighted by atomic mass is 35.5. The number of nitrogens with zero attached hydrogens (tertiary/aromatic N) is 1. The first kappa shape index (κ1) is 14.6. The molecule has 0 aromatic heterocycles. The van der Waals surface area contributed by atoms with Crippen LogP contribution in [0, 0.1) is 6.92 Å². The number of rotatable bonds is 4. The Kier molecular flexibility index (Phi) is 4.84. The molecule has 0 aliphatic rings. The minimum atomic E-state index is -4.40. The van der Waals surface area contributed by atoms with Gasteiger partial charge in [0.2, 0.25) is 0 Å². The molecule has 0 saturated heterocycles. The monoisotopic (exact) mass is 280 g/mol. The summed E-state index contributed by atoms with van der Waals surface area (Å²) in [5.41, 5.74) is 6.51. The van der Waals surface area contributed by atoms with Crippen LogP contribution in [-0.4, -0.2) is 24.5 Å². The lowest BCUT2D eigenvalue weighted by Crippen LogP contribution is -2.19. The van der Waals surface area contributed by atoms with E-state index < -0.39 is 12.8 Å². The molecular formula is C11H12ClF3N2O. The van der Waals surface area contributed by atoms with E-state index in [0.29, 0.717) is 0 Å². The van der Waals surface area contributed by atoms with Crippen molar-refractivity contribution in [3.63, 3.8) is 0 Å². The van der Waals surface area contributed by atoms with Crippen LogP contribution in [0.3, 0.4) is 0 Å². The molecule has 0 saturated carbocycles. The van der Waals surface area contributed by atoms with Gasteiger partial charge in [-0.05, 0) is 24.6 Å². The second-order valence-electron chi connectivity index (χ2n) is 3.61. The smallest absolute Gasteiger partial charge is 0.422 e. The Bertz CT molecular complexity index is 446. The van der Waals surface area contributed by atoms with Gasteiger partial charge in [0.1, 0.15) is 17.3 Å². The van der Waals surface area contributed by atoms with E-state index in [4.69, 9.17) is 17.3 Å². The molecule has 18 heavy (non-hydrogen) atoms. The molecule has 1 aromatic carbocycles. The zero-order valence-electron chi connectivity index (χ0n) is 9.59. The molecule has 3 nitrogen and oxygen atoms in total. The van der Waals surface area contributed by atoms with Gasteiger partial charge in [0.05, 0.1) is 5.88 Å². The molecule has 0 bridgehead atoms. The summed E-state index contributed by atoms with van der Waals surface area (Å²) in [7, 11) is 0. The van der Waals surface area contributed by atoms with E-state index >= 15 is 0 Å². The minimum absolute atomic E-state index is 0.00729. The van der Waals surface area contributed by atoms with Crippen molar-refractivity contribution in [3.05, 3.63) is 23.8 Å². The van der Waals surface area contributed by atoms with E-state index in [9.17, 15) is 13.2 Å². The van der Waals surface area contributed by atoms with Crippen molar-refractivity contribution >= 4 is 23.1 Å². The first-order chi connectivity index (χ1) is 8.31. The van der Waals surface area contributed by atoms with E-state index in [1.54, 1.807) is 19.1 Å². The molecule has 2 N–H and O–H groups in total. The van der Waals surface area contributed by atoms with E-state index in [-0.39, 0.29) is 23.2 Å². The lowest BCUT2D eigenvalue weighted by molar-refractivity contribution is -0.153. The third-order valence-electron chi connectivity index (χ3n) is 1.91. The number of nitrogens with two attached hydrogens (primary N) is 1. The Balaban J connectivity index is 2.97. The van der Waals surface area contributed by atoms with E-state index in [2.05, 4.69) is 9.73 Å². The highest BCUT2D eigenvalue weighted by molar-refractivity contribution is 6.28. The second kappa shape index (κ2) is 5.95. The maximum absolute atomic E-state index is 12.1. The molecule has 0 amide bonds. The van der Waals surface area contributed by atoms with Gasteiger partial charge in [-0.2, -0.15) is 13.2 Å². The lowest BCUT2D eigenvalue weighted by Gasteiger charge is -2.11. The molecule has 0 unspecified atom stereocenters. The van der Waals surface area contributed by atoms with E-state index in [1.807, 2.05) is 0 Å². The molecule has 0 fully saturated rings. The van der Waals surface area contributed by atoms with Gasteiger partial charge in [0.15, 0.2) is 6.61 Å². The van der Waals surface area contributed by atoms with Gasteiger partial charge in [-0.15, -0.1) is 11.6 Å². The maximum Gasteiger partial charge on any atom is 0.422 e. The topological polar surface area (TPSA) is 47.6 Å². The van der Waals surface area contributed by atoms with Crippen LogP contribution in [0.15, 0.2) is 23.2 Å². The largest absolute Gasteiger partial charge is 0.482 e. The summed E-state index contributed by atoms with van der Waals surface area (Å²) in [4.78, 5) is 3.91. The van der Waals surface area contributed by atoms with Gasteiger partial charge >= 0.3 is 6.18 Å². The Morgan fingerprint density at radius 2 is 2.11 bits per heavy atom. The van der Waals surface area contributed by atoms with Crippen molar-refractivity contribution in [1.29, 1.82) is 0 Å². The van der Waals surface area contributed by atoms with Crippen LogP contribution in [0.1, 0.15) is 5.56 Å². The van der Waals surface area contributed by atoms with Crippen molar-refractivity contribution in [2.24, 2.45) is 10.7 Å². The van der Waals surface area contributed by atoms with Gasteiger partial charge in [-0.3, -0.25) is 0 Å². The Hall–Kier alpha value is -1.43. The van der Waals surface area contributed by atoms with Crippen molar-refractivity contribution in [1.82, 2.24) is 0 Å².